The van der Waals surface area contributed by atoms with Crippen molar-refractivity contribution < 1.29 is 9.53 Å². The Bertz CT molecular complexity index is 1070. The van der Waals surface area contributed by atoms with Gasteiger partial charge in [-0.15, -0.1) is 0 Å². The van der Waals surface area contributed by atoms with E-state index < -0.39 is 5.91 Å². The quantitative estimate of drug-likeness (QED) is 0.646. The average Bonchev–Trinajstić information content (AvgIpc) is 3.09. The van der Waals surface area contributed by atoms with Crippen LogP contribution in [0.5, 0.6) is 5.88 Å². The van der Waals surface area contributed by atoms with Crippen LogP contribution >= 0.6 is 0 Å². The first-order valence-electron chi connectivity index (χ1n) is 9.61. The van der Waals surface area contributed by atoms with Crippen LogP contribution < -0.4 is 20.7 Å². The number of ether oxygens (including phenoxy) is 1. The molecule has 1 amide bonds. The fraction of sp³-hybridized carbons (Fsp3) is 0.421. The van der Waals surface area contributed by atoms with E-state index >= 15 is 0 Å². The minimum atomic E-state index is -0.656. The molecule has 0 unspecified atom stereocenters. The number of hydrogen-bond acceptors (Lipinski definition) is 8. The van der Waals surface area contributed by atoms with Gasteiger partial charge in [0, 0.05) is 38.6 Å². The first kappa shape index (κ1) is 19.1. The maximum atomic E-state index is 12.3. The number of nitrogens with zero attached hydrogens (tertiary/aromatic N) is 6. The van der Waals surface area contributed by atoms with Gasteiger partial charge in [-0.25, -0.2) is 15.0 Å². The fourth-order valence-electron chi connectivity index (χ4n) is 3.47. The molecule has 1 fully saturated rings. The molecule has 10 nitrogen and oxygen atoms in total. The number of primary amides is 1. The molecule has 152 valence electrons. The van der Waals surface area contributed by atoms with Crippen molar-refractivity contribution in [3.63, 3.8) is 0 Å². The van der Waals surface area contributed by atoms with Gasteiger partial charge >= 0.3 is 0 Å². The predicted molar refractivity (Wildman–Crippen MR) is 108 cm³/mol. The third kappa shape index (κ3) is 3.58. The molecule has 0 aliphatic carbocycles. The van der Waals surface area contributed by atoms with E-state index in [9.17, 15) is 4.79 Å². The SMILES string of the molecule is CCOc1nc(N2CCNCC2)nc(-c2cn3cc(C)nc3c(C)n2)c1C(N)=O. The Hall–Kier alpha value is -3.27. The van der Waals surface area contributed by atoms with E-state index in [-0.39, 0.29) is 11.4 Å². The van der Waals surface area contributed by atoms with Crippen molar-refractivity contribution in [3.8, 4) is 17.3 Å². The van der Waals surface area contributed by atoms with E-state index in [1.165, 1.54) is 0 Å². The lowest BCUT2D eigenvalue weighted by Gasteiger charge is -2.28. The molecule has 4 rings (SSSR count). The van der Waals surface area contributed by atoms with Gasteiger partial charge in [0.05, 0.1) is 18.0 Å². The number of nitrogens with two attached hydrogens (primary N) is 1. The summed E-state index contributed by atoms with van der Waals surface area (Å²) in [6.07, 6.45) is 3.70. The number of amides is 1. The highest BCUT2D eigenvalue weighted by Crippen LogP contribution is 2.30. The molecule has 3 aromatic heterocycles. The number of hydrogen-bond donors (Lipinski definition) is 2. The highest BCUT2D eigenvalue weighted by molar-refractivity contribution is 6.01. The molecule has 0 atom stereocenters. The minimum absolute atomic E-state index is 0.133. The molecule has 0 radical (unpaired) electrons. The van der Waals surface area contributed by atoms with Crippen LogP contribution in [-0.2, 0) is 0 Å². The highest BCUT2D eigenvalue weighted by Gasteiger charge is 2.25. The molecule has 1 saturated heterocycles. The maximum absolute atomic E-state index is 12.3. The van der Waals surface area contributed by atoms with Crippen LogP contribution in [0.3, 0.4) is 0 Å². The second-order valence-corrected chi connectivity index (χ2v) is 6.91. The third-order valence-corrected chi connectivity index (χ3v) is 4.76. The second-order valence-electron chi connectivity index (χ2n) is 6.91. The fourth-order valence-corrected chi connectivity index (χ4v) is 3.47. The molecular weight excluding hydrogens is 372 g/mol. The van der Waals surface area contributed by atoms with E-state index in [1.807, 2.05) is 31.4 Å². The van der Waals surface area contributed by atoms with Crippen molar-refractivity contribution >= 4 is 17.5 Å². The summed E-state index contributed by atoms with van der Waals surface area (Å²) in [6, 6.07) is 0. The molecule has 1 aliphatic rings. The first-order chi connectivity index (χ1) is 14.0. The smallest absolute Gasteiger partial charge is 0.256 e. The molecule has 0 bridgehead atoms. The van der Waals surface area contributed by atoms with Crippen molar-refractivity contribution in [2.24, 2.45) is 5.73 Å². The Kier molecular flexibility index (Phi) is 5.01. The number of imidazole rings is 1. The zero-order valence-corrected chi connectivity index (χ0v) is 16.8. The van der Waals surface area contributed by atoms with E-state index in [0.717, 1.165) is 43.2 Å². The predicted octanol–water partition coefficient (Wildman–Crippen LogP) is 0.710. The zero-order valence-electron chi connectivity index (χ0n) is 16.8. The van der Waals surface area contributed by atoms with Crippen LogP contribution in [0.15, 0.2) is 12.4 Å². The molecule has 29 heavy (non-hydrogen) atoms. The van der Waals surface area contributed by atoms with Crippen LogP contribution in [0.4, 0.5) is 5.95 Å². The van der Waals surface area contributed by atoms with Gasteiger partial charge in [-0.1, -0.05) is 0 Å². The molecule has 0 spiro atoms. The topological polar surface area (TPSA) is 124 Å². The number of piperazine rings is 1. The van der Waals surface area contributed by atoms with E-state index in [1.54, 1.807) is 6.20 Å². The molecule has 10 heteroatoms. The number of aromatic nitrogens is 5. The van der Waals surface area contributed by atoms with E-state index in [0.29, 0.717) is 23.9 Å². The van der Waals surface area contributed by atoms with Crippen molar-refractivity contribution in [3.05, 3.63) is 29.3 Å². The average molecular weight is 396 g/mol. The minimum Gasteiger partial charge on any atom is -0.477 e. The summed E-state index contributed by atoms with van der Waals surface area (Å²) in [4.78, 5) is 32.7. The molecule has 4 heterocycles. The molecule has 3 N–H and O–H groups in total. The van der Waals surface area contributed by atoms with E-state index in [4.69, 9.17) is 15.5 Å². The number of carbonyl (C=O) groups excluding carboxylic acids is 1. The lowest BCUT2D eigenvalue weighted by Crippen LogP contribution is -2.44. The Morgan fingerprint density at radius 1 is 1.17 bits per heavy atom. The van der Waals surface area contributed by atoms with Crippen LogP contribution in [-0.4, -0.2) is 63.0 Å². The number of fused-ring (bicyclic) bond motifs is 1. The van der Waals surface area contributed by atoms with Gasteiger partial charge in [0.1, 0.15) is 17.0 Å². The third-order valence-electron chi connectivity index (χ3n) is 4.76. The molecule has 0 aromatic carbocycles. The lowest BCUT2D eigenvalue weighted by molar-refractivity contribution is 0.0996. The Balaban J connectivity index is 1.94. The normalized spacial score (nSPS) is 14.4. The molecular formula is C19H24N8O2. The number of anilines is 1. The number of rotatable bonds is 5. The standard InChI is InChI=1S/C19H24N8O2/c1-4-29-18-14(16(20)28)15(24-19(25-18)26-7-5-21-6-8-26)13-10-27-9-11(2)22-17(27)12(3)23-13/h9-10,21H,4-8H2,1-3H3,(H2,20,28). The summed E-state index contributed by atoms with van der Waals surface area (Å²) in [5.41, 5.74) is 9.07. The van der Waals surface area contributed by atoms with Gasteiger partial charge in [0.15, 0.2) is 5.65 Å². The zero-order chi connectivity index (χ0) is 20.5. The van der Waals surface area contributed by atoms with Crippen molar-refractivity contribution in [1.82, 2.24) is 29.7 Å². The van der Waals surface area contributed by atoms with Crippen LogP contribution in [0, 0.1) is 13.8 Å². The maximum Gasteiger partial charge on any atom is 0.256 e. The highest BCUT2D eigenvalue weighted by atomic mass is 16.5. The van der Waals surface area contributed by atoms with Gasteiger partial charge in [-0.05, 0) is 20.8 Å². The van der Waals surface area contributed by atoms with Gasteiger partial charge in [0.2, 0.25) is 11.8 Å². The van der Waals surface area contributed by atoms with Gasteiger partial charge in [-0.3, -0.25) is 4.79 Å². The summed E-state index contributed by atoms with van der Waals surface area (Å²) < 4.78 is 7.55. The van der Waals surface area contributed by atoms with Crippen molar-refractivity contribution in [1.29, 1.82) is 0 Å². The van der Waals surface area contributed by atoms with Crippen LogP contribution in [0.25, 0.3) is 17.0 Å². The summed E-state index contributed by atoms with van der Waals surface area (Å²) >= 11 is 0. The first-order valence-corrected chi connectivity index (χ1v) is 9.61. The van der Waals surface area contributed by atoms with Gasteiger partial charge in [0.25, 0.3) is 5.91 Å². The molecule has 1 aliphatic heterocycles. The number of aryl methyl sites for hydroxylation is 2. The number of carbonyl (C=O) groups is 1. The Morgan fingerprint density at radius 3 is 2.62 bits per heavy atom. The van der Waals surface area contributed by atoms with Crippen molar-refractivity contribution in [2.75, 3.05) is 37.7 Å². The lowest BCUT2D eigenvalue weighted by atomic mass is 10.1. The monoisotopic (exact) mass is 396 g/mol. The summed E-state index contributed by atoms with van der Waals surface area (Å²) in [7, 11) is 0. The van der Waals surface area contributed by atoms with Crippen LogP contribution in [0.2, 0.25) is 0 Å². The Labute approximate surface area is 168 Å². The Morgan fingerprint density at radius 2 is 1.93 bits per heavy atom. The molecule has 3 aromatic rings. The number of nitrogens with one attached hydrogen (secondary N) is 1. The van der Waals surface area contributed by atoms with E-state index in [2.05, 4.69) is 25.2 Å². The van der Waals surface area contributed by atoms with Crippen molar-refractivity contribution in [2.45, 2.75) is 20.8 Å². The summed E-state index contributed by atoms with van der Waals surface area (Å²) in [6.45, 7) is 9.15. The molecule has 0 saturated carbocycles. The summed E-state index contributed by atoms with van der Waals surface area (Å²) in [5.74, 6) is 0.0212. The van der Waals surface area contributed by atoms with Gasteiger partial charge in [-0.2, -0.15) is 4.98 Å². The largest absolute Gasteiger partial charge is 0.477 e. The van der Waals surface area contributed by atoms with Gasteiger partial charge < -0.3 is 25.1 Å². The summed E-state index contributed by atoms with van der Waals surface area (Å²) in [5, 5.41) is 3.30. The van der Waals surface area contributed by atoms with Crippen LogP contribution in [0.1, 0.15) is 28.7 Å². The second kappa shape index (κ2) is 7.63.